The number of amides is 1. The maximum absolute atomic E-state index is 12.8. The first-order chi connectivity index (χ1) is 16.8. The van der Waals surface area contributed by atoms with E-state index in [4.69, 9.17) is 20.0 Å². The Labute approximate surface area is 216 Å². The quantitative estimate of drug-likeness (QED) is 0.465. The molecule has 3 rings (SSSR count). The van der Waals surface area contributed by atoms with Gasteiger partial charge >= 0.3 is 17.7 Å². The van der Waals surface area contributed by atoms with Crippen LogP contribution in [0.4, 0.5) is 18.9 Å². The molecule has 200 valence electrons. The molecule has 1 aliphatic carbocycles. The second-order valence-electron chi connectivity index (χ2n) is 8.97. The number of benzene rings is 1. The van der Waals surface area contributed by atoms with Crippen LogP contribution in [0, 0.1) is 5.92 Å². The van der Waals surface area contributed by atoms with E-state index in [1.165, 1.54) is 12.1 Å². The Hall–Kier alpha value is -2.44. The van der Waals surface area contributed by atoms with E-state index in [2.05, 4.69) is 22.7 Å². The van der Waals surface area contributed by atoms with Crippen LogP contribution in [0.5, 0.6) is 0 Å². The summed E-state index contributed by atoms with van der Waals surface area (Å²) in [5.41, 5.74) is 0.564. The van der Waals surface area contributed by atoms with Crippen LogP contribution < -0.4 is 10.6 Å². The van der Waals surface area contributed by atoms with Gasteiger partial charge in [-0.05, 0) is 57.6 Å². The normalized spacial score (nSPS) is 20.6. The summed E-state index contributed by atoms with van der Waals surface area (Å²) in [5, 5.41) is 20.4. The molecule has 1 atom stereocenters. The summed E-state index contributed by atoms with van der Waals surface area (Å²) in [6.45, 7) is 5.61. The number of alkyl halides is 3. The molecule has 0 bridgehead atoms. The lowest BCUT2D eigenvalue weighted by molar-refractivity contribution is -0.138. The molecule has 3 N–H and O–H groups in total. The topological polar surface area (TPSA) is 113 Å². The fourth-order valence-electron chi connectivity index (χ4n) is 3.95. The fourth-order valence-corrected chi connectivity index (χ4v) is 4.28. The van der Waals surface area contributed by atoms with Gasteiger partial charge in [0.15, 0.2) is 5.69 Å². The first-order valence-corrected chi connectivity index (χ1v) is 12.5. The maximum atomic E-state index is 12.8. The lowest BCUT2D eigenvalue weighted by atomic mass is 9.79. The molecule has 1 amide bonds. The molecule has 0 radical (unpaired) electrons. The molecule has 36 heavy (non-hydrogen) atoms. The van der Waals surface area contributed by atoms with Crippen molar-refractivity contribution in [2.24, 2.45) is 5.92 Å². The number of hydrogen-bond acceptors (Lipinski definition) is 6. The number of carbonyl (C=O) groups is 1. The molecule has 1 fully saturated rings. The summed E-state index contributed by atoms with van der Waals surface area (Å²) in [7, 11) is 0. The lowest BCUT2D eigenvalue weighted by Crippen LogP contribution is -2.45. The Morgan fingerprint density at radius 1 is 1.28 bits per heavy atom. The van der Waals surface area contributed by atoms with Crippen LogP contribution in [-0.2, 0) is 18.1 Å². The van der Waals surface area contributed by atoms with E-state index in [-0.39, 0.29) is 17.3 Å². The van der Waals surface area contributed by atoms with Crippen LogP contribution in [-0.4, -0.2) is 53.6 Å². The van der Waals surface area contributed by atoms with Gasteiger partial charge in [-0.3, -0.25) is 9.48 Å². The Kier molecular flexibility index (Phi) is 10.5. The van der Waals surface area contributed by atoms with Crippen LogP contribution in [0.25, 0.3) is 11.3 Å². The minimum Gasteiger partial charge on any atom is -0.388 e. The molecule has 0 aliphatic heterocycles. The third-order valence-electron chi connectivity index (χ3n) is 6.22. The van der Waals surface area contributed by atoms with Gasteiger partial charge in [0.1, 0.15) is 6.04 Å². The number of anilines is 1. The van der Waals surface area contributed by atoms with Gasteiger partial charge in [0.25, 0.3) is 5.91 Å². The van der Waals surface area contributed by atoms with Gasteiger partial charge < -0.3 is 15.7 Å². The number of aliphatic hydroxyl groups is 1. The monoisotopic (exact) mass is 550 g/mol. The number of nitrogens with zero attached hydrogens (tertiary/aromatic N) is 2. The first kappa shape index (κ1) is 29.8. The highest BCUT2D eigenvalue weighted by Gasteiger charge is 2.36. The zero-order valence-electron chi connectivity index (χ0n) is 20.2. The highest BCUT2D eigenvalue weighted by atomic mass is 35.5. The number of carbonyl (C=O) groups excluding carboxylic acids is 1. The summed E-state index contributed by atoms with van der Waals surface area (Å²) in [4.78, 5) is 12.8. The Balaban J connectivity index is 0.00000145. The largest absolute Gasteiger partial charge is 0.408 e. The molecule has 13 heteroatoms. The summed E-state index contributed by atoms with van der Waals surface area (Å²) < 4.78 is 56.5. The van der Waals surface area contributed by atoms with Crippen molar-refractivity contribution in [2.75, 3.05) is 11.9 Å². The van der Waals surface area contributed by atoms with Gasteiger partial charge in [-0.2, -0.15) is 26.7 Å². The third-order valence-corrected chi connectivity index (χ3v) is 6.58. The van der Waals surface area contributed by atoms with Gasteiger partial charge in [-0.25, -0.2) is 0 Å². The van der Waals surface area contributed by atoms with E-state index >= 15 is 0 Å². The smallest absolute Gasteiger partial charge is 0.388 e. The van der Waals surface area contributed by atoms with E-state index in [1.54, 1.807) is 16.8 Å². The van der Waals surface area contributed by atoms with Crippen LogP contribution in [0.3, 0.4) is 0 Å². The number of rotatable bonds is 7. The van der Waals surface area contributed by atoms with Crippen LogP contribution in [0.1, 0.15) is 56.9 Å². The first-order valence-electron chi connectivity index (χ1n) is 11.5. The zero-order chi connectivity index (χ0) is 27.1. The van der Waals surface area contributed by atoms with Gasteiger partial charge in [0.2, 0.25) is 0 Å². The minimum absolute atomic E-state index is 0.0502. The van der Waals surface area contributed by atoms with E-state index < -0.39 is 35.3 Å². The molecular weight excluding hydrogens is 521 g/mol. The van der Waals surface area contributed by atoms with Crippen molar-refractivity contribution in [3.8, 4) is 11.3 Å². The molecule has 1 aromatic carbocycles. The van der Waals surface area contributed by atoms with Gasteiger partial charge in [-0.15, -0.1) is 0 Å². The second kappa shape index (κ2) is 12.7. The molecule has 1 aliphatic rings. The van der Waals surface area contributed by atoms with E-state index in [9.17, 15) is 23.1 Å². The van der Waals surface area contributed by atoms with Crippen LogP contribution in [0.15, 0.2) is 24.3 Å². The molecule has 1 saturated carbocycles. The van der Waals surface area contributed by atoms with Crippen molar-refractivity contribution in [1.82, 2.24) is 15.1 Å². The molecular formula is C23H30ClF3N4O4S. The number of halogens is 4. The Morgan fingerprint density at radius 3 is 2.33 bits per heavy atom. The number of nitrogens with one attached hydrogen (secondary N) is 2. The van der Waals surface area contributed by atoms with Crippen molar-refractivity contribution >= 4 is 34.8 Å². The average molecular weight is 551 g/mol. The average Bonchev–Trinajstić information content (AvgIpc) is 3.16. The van der Waals surface area contributed by atoms with Crippen molar-refractivity contribution in [1.29, 1.82) is 0 Å². The van der Waals surface area contributed by atoms with Gasteiger partial charge in [0.05, 0.1) is 16.3 Å². The predicted molar refractivity (Wildman–Crippen MR) is 131 cm³/mol. The second-order valence-corrected chi connectivity index (χ2v) is 9.48. The number of aryl methyl sites for hydroxylation is 1. The SMILES string of the molecule is CCn1nc(C(=O)NCC2(O)CCC(C)CC2)c(Cl)c1-c1ccc(N[C@H](C)C(F)(F)F)cc1.O=S=O. The van der Waals surface area contributed by atoms with E-state index in [1.807, 2.05) is 6.92 Å². The molecule has 0 spiro atoms. The third kappa shape index (κ3) is 7.78. The summed E-state index contributed by atoms with van der Waals surface area (Å²) in [6, 6.07) is 4.63. The van der Waals surface area contributed by atoms with Crippen molar-refractivity contribution in [2.45, 2.75) is 70.8 Å². The Morgan fingerprint density at radius 2 is 1.83 bits per heavy atom. The molecule has 1 aromatic heterocycles. The lowest BCUT2D eigenvalue weighted by Gasteiger charge is -2.34. The summed E-state index contributed by atoms with van der Waals surface area (Å²) in [6.07, 6.45) is -1.27. The molecule has 0 saturated heterocycles. The molecule has 2 aromatic rings. The van der Waals surface area contributed by atoms with Crippen LogP contribution >= 0.6 is 11.6 Å². The Bertz CT molecular complexity index is 1060. The minimum atomic E-state index is -4.35. The fraction of sp³-hybridized carbons (Fsp3) is 0.565. The predicted octanol–water partition coefficient (Wildman–Crippen LogP) is 4.59. The maximum Gasteiger partial charge on any atom is 0.408 e. The molecule has 0 unspecified atom stereocenters. The van der Waals surface area contributed by atoms with Crippen molar-refractivity contribution in [3.05, 3.63) is 35.0 Å². The molecule has 1 heterocycles. The summed E-state index contributed by atoms with van der Waals surface area (Å²) in [5.74, 6) is 0.0919. The highest BCUT2D eigenvalue weighted by Crippen LogP contribution is 2.34. The standard InChI is InChI=1S/C23H30ClF3N4O2.O2S/c1-4-31-20(16-5-7-17(8-6-16)29-15(3)23(25,26)27)18(24)19(30-31)21(32)28-13-22(33)11-9-14(2)10-12-22;1-3-2/h5-8,14-15,29,33H,4,9-13H2,1-3H3,(H,28,32);/t14?,15-,22?;/m1./s1. The van der Waals surface area contributed by atoms with E-state index in [0.29, 0.717) is 42.2 Å². The van der Waals surface area contributed by atoms with E-state index in [0.717, 1.165) is 19.8 Å². The molecule has 8 nitrogen and oxygen atoms in total. The van der Waals surface area contributed by atoms with Crippen LogP contribution in [0.2, 0.25) is 5.02 Å². The number of hydrogen-bond donors (Lipinski definition) is 3. The highest BCUT2D eigenvalue weighted by molar-refractivity contribution is 7.51. The number of aromatic nitrogens is 2. The van der Waals surface area contributed by atoms with Crippen molar-refractivity contribution < 1.29 is 31.5 Å². The zero-order valence-corrected chi connectivity index (χ0v) is 21.8. The van der Waals surface area contributed by atoms with Gasteiger partial charge in [-0.1, -0.05) is 30.7 Å². The summed E-state index contributed by atoms with van der Waals surface area (Å²) >= 11 is 5.78. The van der Waals surface area contributed by atoms with Crippen molar-refractivity contribution in [3.63, 3.8) is 0 Å². The van der Waals surface area contributed by atoms with Gasteiger partial charge in [0, 0.05) is 24.3 Å².